The van der Waals surface area contributed by atoms with Crippen molar-refractivity contribution in [1.29, 1.82) is 0 Å². The first kappa shape index (κ1) is 19.6. The van der Waals surface area contributed by atoms with Crippen LogP contribution >= 0.6 is 23.2 Å². The van der Waals surface area contributed by atoms with Gasteiger partial charge < -0.3 is 0 Å². The molecule has 2 heterocycles. The maximum Gasteiger partial charge on any atom is 0.123 e. The van der Waals surface area contributed by atoms with Crippen molar-refractivity contribution in [1.82, 2.24) is 9.97 Å². The molecule has 1 atom stereocenters. The number of nitrogens with zero attached hydrogens (tertiary/aromatic N) is 2. The Labute approximate surface area is 179 Å². The van der Waals surface area contributed by atoms with E-state index < -0.39 is 0 Å². The van der Waals surface area contributed by atoms with Crippen molar-refractivity contribution >= 4 is 23.2 Å². The van der Waals surface area contributed by atoms with Gasteiger partial charge in [0.2, 0.25) is 0 Å². The molecule has 2 aromatic carbocycles. The normalized spacial score (nSPS) is 12.0. The quantitative estimate of drug-likeness (QED) is 0.347. The van der Waals surface area contributed by atoms with E-state index in [2.05, 4.69) is 9.97 Å². The number of pyridine rings is 2. The summed E-state index contributed by atoms with van der Waals surface area (Å²) in [6.07, 6.45) is 7.89. The van der Waals surface area contributed by atoms with Crippen LogP contribution in [0.1, 0.15) is 22.6 Å². The highest BCUT2D eigenvalue weighted by molar-refractivity contribution is 6.35. The zero-order chi connectivity index (χ0) is 20.2. The van der Waals surface area contributed by atoms with Gasteiger partial charge >= 0.3 is 0 Å². The minimum atomic E-state index is -0.314. The number of hydrogen-bond donors (Lipinski definition) is 0. The van der Waals surface area contributed by atoms with E-state index >= 15 is 0 Å². The van der Waals surface area contributed by atoms with Crippen molar-refractivity contribution in [2.45, 2.75) is 12.3 Å². The minimum Gasteiger partial charge on any atom is -0.264 e. The molecule has 0 N–H and O–H groups in total. The predicted molar refractivity (Wildman–Crippen MR) is 116 cm³/mol. The van der Waals surface area contributed by atoms with Gasteiger partial charge in [-0.3, -0.25) is 9.97 Å². The number of aromatic nitrogens is 2. The number of rotatable bonds is 5. The molecule has 4 rings (SSSR count). The van der Waals surface area contributed by atoms with E-state index in [1.165, 1.54) is 12.1 Å². The molecule has 0 saturated heterocycles. The maximum absolute atomic E-state index is 14.2. The average Bonchev–Trinajstić information content (AvgIpc) is 2.73. The Morgan fingerprint density at radius 3 is 2.21 bits per heavy atom. The number of benzene rings is 2. The topological polar surface area (TPSA) is 25.8 Å². The summed E-state index contributed by atoms with van der Waals surface area (Å²) in [6.45, 7) is 0. The van der Waals surface area contributed by atoms with Gasteiger partial charge in [0, 0.05) is 40.8 Å². The van der Waals surface area contributed by atoms with E-state index in [0.29, 0.717) is 16.5 Å². The molecule has 0 aliphatic heterocycles. The lowest BCUT2D eigenvalue weighted by Gasteiger charge is -2.22. The van der Waals surface area contributed by atoms with Crippen molar-refractivity contribution in [3.63, 3.8) is 0 Å². The molecule has 0 fully saturated rings. The Kier molecular flexibility index (Phi) is 5.89. The highest BCUT2D eigenvalue weighted by atomic mass is 35.5. The molecule has 0 aliphatic carbocycles. The molecule has 2 aromatic heterocycles. The molecule has 0 radical (unpaired) electrons. The van der Waals surface area contributed by atoms with Crippen LogP contribution in [-0.4, -0.2) is 9.97 Å². The van der Waals surface area contributed by atoms with Crippen LogP contribution in [0.4, 0.5) is 4.39 Å². The molecule has 5 heteroatoms. The van der Waals surface area contributed by atoms with Crippen molar-refractivity contribution in [3.8, 4) is 11.1 Å². The Morgan fingerprint density at radius 2 is 1.55 bits per heavy atom. The standard InChI is InChI=1S/C24H17Cl2FN2/c25-19-10-18(11-20(26)12-19)24-13-21(27)5-6-22(24)23(17-4-2-8-29-15-17)9-16-3-1-7-28-14-16/h1-8,10-15,23H,9H2. The van der Waals surface area contributed by atoms with Gasteiger partial charge in [-0.05, 0) is 76.7 Å². The molecule has 4 aromatic rings. The fourth-order valence-electron chi connectivity index (χ4n) is 3.54. The summed E-state index contributed by atoms with van der Waals surface area (Å²) in [5.41, 5.74) is 4.63. The van der Waals surface area contributed by atoms with Crippen molar-refractivity contribution in [2.24, 2.45) is 0 Å². The fourth-order valence-corrected chi connectivity index (χ4v) is 4.06. The van der Waals surface area contributed by atoms with Gasteiger partial charge in [0.05, 0.1) is 0 Å². The van der Waals surface area contributed by atoms with Crippen LogP contribution in [0.3, 0.4) is 0 Å². The lowest BCUT2D eigenvalue weighted by molar-refractivity contribution is 0.626. The van der Waals surface area contributed by atoms with Gasteiger partial charge in [0.15, 0.2) is 0 Å². The van der Waals surface area contributed by atoms with Gasteiger partial charge in [-0.1, -0.05) is 41.4 Å². The Bertz CT molecular complexity index is 1100. The molecule has 1 unspecified atom stereocenters. The van der Waals surface area contributed by atoms with Crippen molar-refractivity contribution < 1.29 is 4.39 Å². The van der Waals surface area contributed by atoms with Crippen LogP contribution in [0.5, 0.6) is 0 Å². The lowest BCUT2D eigenvalue weighted by Crippen LogP contribution is -2.08. The Balaban J connectivity index is 1.88. The Morgan fingerprint density at radius 1 is 0.828 bits per heavy atom. The molecule has 2 nitrogen and oxygen atoms in total. The van der Waals surface area contributed by atoms with Gasteiger partial charge in [-0.15, -0.1) is 0 Å². The van der Waals surface area contributed by atoms with Crippen molar-refractivity contribution in [3.05, 3.63) is 118 Å². The van der Waals surface area contributed by atoms with Crippen LogP contribution < -0.4 is 0 Å². The van der Waals surface area contributed by atoms with Crippen LogP contribution in [0, 0.1) is 5.82 Å². The Hall–Kier alpha value is -2.75. The number of halogens is 3. The summed E-state index contributed by atoms with van der Waals surface area (Å²) in [7, 11) is 0. The maximum atomic E-state index is 14.2. The SMILES string of the molecule is Fc1ccc(C(Cc2cccnc2)c2cccnc2)c(-c2cc(Cl)cc(Cl)c2)c1. The summed E-state index contributed by atoms with van der Waals surface area (Å²) in [5.74, 6) is -0.354. The zero-order valence-electron chi connectivity index (χ0n) is 15.4. The highest BCUT2D eigenvalue weighted by Crippen LogP contribution is 2.37. The van der Waals surface area contributed by atoms with E-state index in [1.807, 2.05) is 42.7 Å². The van der Waals surface area contributed by atoms with Gasteiger partial charge in [-0.25, -0.2) is 4.39 Å². The monoisotopic (exact) mass is 422 g/mol. The van der Waals surface area contributed by atoms with E-state index in [0.717, 1.165) is 27.8 Å². The third-order valence-corrected chi connectivity index (χ3v) is 5.25. The first-order valence-electron chi connectivity index (χ1n) is 9.15. The van der Waals surface area contributed by atoms with Gasteiger partial charge in [0.25, 0.3) is 0 Å². The van der Waals surface area contributed by atoms with E-state index in [-0.39, 0.29) is 11.7 Å². The molecule has 0 spiro atoms. The summed E-state index contributed by atoms with van der Waals surface area (Å²) >= 11 is 12.4. The van der Waals surface area contributed by atoms with E-state index in [4.69, 9.17) is 23.2 Å². The van der Waals surface area contributed by atoms with Crippen LogP contribution in [0.25, 0.3) is 11.1 Å². The summed E-state index contributed by atoms with van der Waals surface area (Å²) in [6, 6.07) is 18.0. The van der Waals surface area contributed by atoms with Gasteiger partial charge in [-0.2, -0.15) is 0 Å². The molecule has 29 heavy (non-hydrogen) atoms. The second-order valence-electron chi connectivity index (χ2n) is 6.79. The smallest absolute Gasteiger partial charge is 0.123 e. The molecule has 0 saturated carbocycles. The van der Waals surface area contributed by atoms with Crippen LogP contribution in [0.15, 0.2) is 85.5 Å². The highest BCUT2D eigenvalue weighted by Gasteiger charge is 2.20. The molecule has 0 amide bonds. The third kappa shape index (κ3) is 4.64. The minimum absolute atomic E-state index is 0.0405. The van der Waals surface area contributed by atoms with Gasteiger partial charge in [0.1, 0.15) is 5.82 Å². The third-order valence-electron chi connectivity index (χ3n) is 4.81. The molecule has 144 valence electrons. The van der Waals surface area contributed by atoms with Crippen molar-refractivity contribution in [2.75, 3.05) is 0 Å². The molecular formula is C24H17Cl2FN2. The second kappa shape index (κ2) is 8.73. The first-order valence-corrected chi connectivity index (χ1v) is 9.90. The molecule has 0 bridgehead atoms. The largest absolute Gasteiger partial charge is 0.264 e. The number of hydrogen-bond acceptors (Lipinski definition) is 2. The predicted octanol–water partition coefficient (Wildman–Crippen LogP) is 6.96. The second-order valence-corrected chi connectivity index (χ2v) is 7.67. The summed E-state index contributed by atoms with van der Waals surface area (Å²) in [4.78, 5) is 8.52. The molecule has 0 aliphatic rings. The van der Waals surface area contributed by atoms with Crippen LogP contribution in [0.2, 0.25) is 10.0 Å². The summed E-state index contributed by atoms with van der Waals surface area (Å²) in [5, 5.41) is 1.01. The first-order chi connectivity index (χ1) is 14.1. The zero-order valence-corrected chi connectivity index (χ0v) is 16.9. The molecular weight excluding hydrogens is 406 g/mol. The lowest BCUT2D eigenvalue weighted by atomic mass is 9.83. The van der Waals surface area contributed by atoms with Crippen LogP contribution in [-0.2, 0) is 6.42 Å². The fraction of sp³-hybridized carbons (Fsp3) is 0.0833. The van der Waals surface area contributed by atoms with E-state index in [1.54, 1.807) is 30.6 Å². The average molecular weight is 423 g/mol. The summed E-state index contributed by atoms with van der Waals surface area (Å²) < 4.78 is 14.2. The van der Waals surface area contributed by atoms with E-state index in [9.17, 15) is 4.39 Å².